The standard InChI is InChI=1S/C29H32N2O3/c32-18-25(29(34)30-23-9-2-1-3-10-23)31-26(33)11-5-6-19-12-13-22-15-14-20-7-4-8-21-16-17-24(19)28(22)27(20)21/h4,7-8,12-17,23,25,32H,1-3,5-6,9-11,18H2,(H,30,34)(H,31,33). The molecule has 5 nitrogen and oxygen atoms in total. The van der Waals surface area contributed by atoms with Crippen LogP contribution in [0.5, 0.6) is 0 Å². The van der Waals surface area contributed by atoms with E-state index in [0.29, 0.717) is 12.8 Å². The summed E-state index contributed by atoms with van der Waals surface area (Å²) in [4.78, 5) is 25.0. The average Bonchev–Trinajstić information content (AvgIpc) is 2.87. The van der Waals surface area contributed by atoms with Gasteiger partial charge in [0.25, 0.3) is 0 Å². The highest BCUT2D eigenvalue weighted by molar-refractivity contribution is 6.23. The first-order chi connectivity index (χ1) is 16.6. The minimum Gasteiger partial charge on any atom is -0.394 e. The van der Waals surface area contributed by atoms with Gasteiger partial charge in [-0.2, -0.15) is 0 Å². The number of benzene rings is 4. The lowest BCUT2D eigenvalue weighted by Crippen LogP contribution is -2.51. The molecule has 0 bridgehead atoms. The molecular formula is C29H32N2O3. The monoisotopic (exact) mass is 456 g/mol. The maximum Gasteiger partial charge on any atom is 0.245 e. The van der Waals surface area contributed by atoms with Gasteiger partial charge < -0.3 is 15.7 Å². The first-order valence-corrected chi connectivity index (χ1v) is 12.5. The summed E-state index contributed by atoms with van der Waals surface area (Å²) in [5.41, 5.74) is 1.23. The molecule has 1 fully saturated rings. The predicted molar refractivity (Wildman–Crippen MR) is 137 cm³/mol. The zero-order valence-corrected chi connectivity index (χ0v) is 19.5. The molecule has 1 saturated carbocycles. The second-order valence-corrected chi connectivity index (χ2v) is 9.58. The zero-order valence-electron chi connectivity index (χ0n) is 19.5. The van der Waals surface area contributed by atoms with Gasteiger partial charge in [-0.3, -0.25) is 9.59 Å². The van der Waals surface area contributed by atoms with Crippen molar-refractivity contribution in [1.82, 2.24) is 10.6 Å². The van der Waals surface area contributed by atoms with Gasteiger partial charge in [-0.25, -0.2) is 0 Å². The molecule has 0 aromatic heterocycles. The fourth-order valence-corrected chi connectivity index (χ4v) is 5.46. The molecule has 5 rings (SSSR count). The number of aryl methyl sites for hydroxylation is 1. The van der Waals surface area contributed by atoms with Crippen LogP contribution in [0.15, 0.2) is 54.6 Å². The topological polar surface area (TPSA) is 78.4 Å². The van der Waals surface area contributed by atoms with Crippen molar-refractivity contribution in [1.29, 1.82) is 0 Å². The summed E-state index contributed by atoms with van der Waals surface area (Å²) in [6.07, 6.45) is 7.15. The van der Waals surface area contributed by atoms with E-state index >= 15 is 0 Å². The van der Waals surface area contributed by atoms with E-state index in [1.165, 1.54) is 44.3 Å². The number of hydrogen-bond acceptors (Lipinski definition) is 3. The number of carbonyl (C=O) groups is 2. The number of nitrogens with one attached hydrogen (secondary N) is 2. The Morgan fingerprint density at radius 1 is 0.882 bits per heavy atom. The Hall–Kier alpha value is -3.18. The van der Waals surface area contributed by atoms with Crippen molar-refractivity contribution < 1.29 is 14.7 Å². The normalized spacial score (nSPS) is 15.7. The number of aliphatic hydroxyl groups is 1. The van der Waals surface area contributed by atoms with E-state index in [4.69, 9.17) is 0 Å². The summed E-state index contributed by atoms with van der Waals surface area (Å²) in [5.74, 6) is -0.481. The Bertz CT molecular complexity index is 1290. The third-order valence-corrected chi connectivity index (χ3v) is 7.25. The third kappa shape index (κ3) is 4.58. The second kappa shape index (κ2) is 9.98. The predicted octanol–water partition coefficient (Wildman–Crippen LogP) is 4.83. The van der Waals surface area contributed by atoms with Crippen LogP contribution >= 0.6 is 0 Å². The van der Waals surface area contributed by atoms with Gasteiger partial charge in [0.1, 0.15) is 6.04 Å². The fraction of sp³-hybridized carbons (Fsp3) is 0.379. The molecular weight excluding hydrogens is 424 g/mol. The lowest BCUT2D eigenvalue weighted by atomic mass is 9.90. The van der Waals surface area contributed by atoms with E-state index in [2.05, 4.69) is 65.2 Å². The summed E-state index contributed by atoms with van der Waals surface area (Å²) < 4.78 is 0. The van der Waals surface area contributed by atoms with Gasteiger partial charge in [0.05, 0.1) is 6.61 Å². The highest BCUT2D eigenvalue weighted by atomic mass is 16.3. The number of rotatable bonds is 8. The maximum atomic E-state index is 12.5. The van der Waals surface area contributed by atoms with E-state index in [1.54, 1.807) is 0 Å². The van der Waals surface area contributed by atoms with Crippen LogP contribution in [0.25, 0.3) is 32.3 Å². The third-order valence-electron chi connectivity index (χ3n) is 7.25. The molecule has 1 aliphatic carbocycles. The molecule has 5 heteroatoms. The van der Waals surface area contributed by atoms with Crippen molar-refractivity contribution in [2.45, 2.75) is 63.5 Å². The molecule has 3 N–H and O–H groups in total. The second-order valence-electron chi connectivity index (χ2n) is 9.58. The number of hydrogen-bond donors (Lipinski definition) is 3. The highest BCUT2D eigenvalue weighted by Crippen LogP contribution is 2.36. The van der Waals surface area contributed by atoms with Gasteiger partial charge in [-0.1, -0.05) is 73.9 Å². The molecule has 4 aromatic carbocycles. The van der Waals surface area contributed by atoms with Crippen LogP contribution in [0.4, 0.5) is 0 Å². The number of carbonyl (C=O) groups excluding carboxylic acids is 2. The molecule has 0 heterocycles. The van der Waals surface area contributed by atoms with Crippen molar-refractivity contribution in [3.63, 3.8) is 0 Å². The summed E-state index contributed by atoms with van der Waals surface area (Å²) in [6, 6.07) is 18.7. The molecule has 2 amide bonds. The molecule has 176 valence electrons. The molecule has 34 heavy (non-hydrogen) atoms. The van der Waals surface area contributed by atoms with Crippen LogP contribution < -0.4 is 10.6 Å². The van der Waals surface area contributed by atoms with Gasteiger partial charge in [0.15, 0.2) is 0 Å². The van der Waals surface area contributed by atoms with Gasteiger partial charge >= 0.3 is 0 Å². The smallest absolute Gasteiger partial charge is 0.245 e. The first-order valence-electron chi connectivity index (χ1n) is 12.5. The van der Waals surface area contributed by atoms with E-state index in [0.717, 1.165) is 32.1 Å². The van der Waals surface area contributed by atoms with E-state index in [1.807, 2.05) is 0 Å². The lowest BCUT2D eigenvalue weighted by molar-refractivity contribution is -0.130. The number of amides is 2. The van der Waals surface area contributed by atoms with Crippen LogP contribution in [0.2, 0.25) is 0 Å². The Labute approximate surface area is 199 Å². The Kier molecular flexibility index (Phi) is 6.63. The maximum absolute atomic E-state index is 12.5. The molecule has 0 saturated heterocycles. The van der Waals surface area contributed by atoms with Crippen molar-refractivity contribution >= 4 is 44.1 Å². The largest absolute Gasteiger partial charge is 0.394 e. The summed E-state index contributed by atoms with van der Waals surface area (Å²) in [6.45, 7) is -0.390. The molecule has 0 aliphatic heterocycles. The SMILES string of the molecule is O=C(CCCc1ccc2ccc3cccc4ccc1c2c34)NC(CO)C(=O)NC1CCCCC1. The summed E-state index contributed by atoms with van der Waals surface area (Å²) in [7, 11) is 0. The Morgan fingerprint density at radius 2 is 1.56 bits per heavy atom. The summed E-state index contributed by atoms with van der Waals surface area (Å²) >= 11 is 0. The van der Waals surface area contributed by atoms with E-state index in [-0.39, 0.29) is 24.5 Å². The van der Waals surface area contributed by atoms with Gasteiger partial charge in [-0.05, 0) is 63.6 Å². The van der Waals surface area contributed by atoms with Crippen molar-refractivity contribution in [3.05, 3.63) is 60.2 Å². The van der Waals surface area contributed by atoms with Gasteiger partial charge in [-0.15, -0.1) is 0 Å². The van der Waals surface area contributed by atoms with Gasteiger partial charge in [0, 0.05) is 12.5 Å². The quantitative estimate of drug-likeness (QED) is 0.332. The molecule has 1 atom stereocenters. The Morgan fingerprint density at radius 3 is 2.29 bits per heavy atom. The zero-order chi connectivity index (χ0) is 23.5. The van der Waals surface area contributed by atoms with Crippen LogP contribution in [0, 0.1) is 0 Å². The molecule has 1 aliphatic rings. The van der Waals surface area contributed by atoms with E-state index in [9.17, 15) is 14.7 Å². The molecule has 0 spiro atoms. The van der Waals surface area contributed by atoms with Crippen molar-refractivity contribution in [2.24, 2.45) is 0 Å². The van der Waals surface area contributed by atoms with Crippen LogP contribution in [0.1, 0.15) is 50.5 Å². The van der Waals surface area contributed by atoms with Crippen LogP contribution in [-0.2, 0) is 16.0 Å². The molecule has 1 unspecified atom stereocenters. The lowest BCUT2D eigenvalue weighted by Gasteiger charge is -2.25. The first kappa shape index (κ1) is 22.6. The molecule has 4 aromatic rings. The van der Waals surface area contributed by atoms with Gasteiger partial charge in [0.2, 0.25) is 11.8 Å². The number of aliphatic hydroxyl groups excluding tert-OH is 1. The van der Waals surface area contributed by atoms with Crippen molar-refractivity contribution in [3.8, 4) is 0 Å². The average molecular weight is 457 g/mol. The minimum absolute atomic E-state index is 0.154. The molecule has 0 radical (unpaired) electrons. The van der Waals surface area contributed by atoms with Crippen LogP contribution in [0.3, 0.4) is 0 Å². The van der Waals surface area contributed by atoms with E-state index < -0.39 is 6.04 Å². The van der Waals surface area contributed by atoms with Crippen molar-refractivity contribution in [2.75, 3.05) is 6.61 Å². The van der Waals surface area contributed by atoms with Crippen LogP contribution in [-0.4, -0.2) is 35.6 Å². The fourth-order valence-electron chi connectivity index (χ4n) is 5.46. The summed E-state index contributed by atoms with van der Waals surface area (Å²) in [5, 5.41) is 22.9. The Balaban J connectivity index is 1.22. The minimum atomic E-state index is -0.885. The highest BCUT2D eigenvalue weighted by Gasteiger charge is 2.23.